The Morgan fingerprint density at radius 2 is 0.857 bits per heavy atom. The standard InChI is InChI=1S/C51H32N4O/c1-4-16-33(17-5-1)36-22-14-23-37(30-36)50-52-49(35-20-8-3-9-21-35)53-51(54-50)42-31-38(34-18-6-2-7-19-34)32-46-47(42)41-26-15-29-45(48(41)56-46)55-43-27-12-10-24-39(43)40-25-11-13-28-44(40)55/h1-32H. The number of fused-ring (bicyclic) bond motifs is 6. The highest BCUT2D eigenvalue weighted by Crippen LogP contribution is 2.43. The number of aromatic nitrogens is 4. The molecule has 11 rings (SSSR count). The number of rotatable bonds is 6. The van der Waals surface area contributed by atoms with E-state index in [1.807, 2.05) is 42.5 Å². The van der Waals surface area contributed by atoms with E-state index < -0.39 is 0 Å². The molecule has 5 nitrogen and oxygen atoms in total. The van der Waals surface area contributed by atoms with Gasteiger partial charge in [-0.2, -0.15) is 0 Å². The van der Waals surface area contributed by atoms with E-state index in [-0.39, 0.29) is 0 Å². The molecule has 0 aliphatic heterocycles. The molecule has 0 fully saturated rings. The number of nitrogens with zero attached hydrogens (tertiary/aromatic N) is 4. The number of furan rings is 1. The van der Waals surface area contributed by atoms with Crippen LogP contribution in [-0.4, -0.2) is 19.5 Å². The topological polar surface area (TPSA) is 56.7 Å². The predicted octanol–water partition coefficient (Wildman–Crippen LogP) is 13.2. The Morgan fingerprint density at radius 1 is 0.357 bits per heavy atom. The Bertz CT molecular complexity index is 3190. The van der Waals surface area contributed by atoms with Crippen LogP contribution in [0.5, 0.6) is 0 Å². The van der Waals surface area contributed by atoms with E-state index in [1.54, 1.807) is 0 Å². The SMILES string of the molecule is c1ccc(-c2cccc(-c3nc(-c4ccccc4)nc(-c4cc(-c5ccccc5)cc5oc6c(-n7c8ccccc8c8ccccc87)cccc6c45)n3)c2)cc1. The third-order valence-corrected chi connectivity index (χ3v) is 10.6. The zero-order chi connectivity index (χ0) is 37.0. The Labute approximate surface area is 322 Å². The van der Waals surface area contributed by atoms with Crippen LogP contribution in [0.3, 0.4) is 0 Å². The molecule has 11 aromatic rings. The average molecular weight is 717 g/mol. The highest BCUT2D eigenvalue weighted by molar-refractivity contribution is 6.16. The fourth-order valence-corrected chi connectivity index (χ4v) is 8.05. The molecule has 262 valence electrons. The molecule has 0 unspecified atom stereocenters. The van der Waals surface area contributed by atoms with E-state index in [9.17, 15) is 0 Å². The summed E-state index contributed by atoms with van der Waals surface area (Å²) < 4.78 is 9.35. The molecular weight excluding hydrogens is 685 g/mol. The summed E-state index contributed by atoms with van der Waals surface area (Å²) in [4.78, 5) is 15.6. The number of benzene rings is 8. The monoisotopic (exact) mass is 716 g/mol. The summed E-state index contributed by atoms with van der Waals surface area (Å²) >= 11 is 0. The van der Waals surface area contributed by atoms with Crippen molar-refractivity contribution in [2.45, 2.75) is 0 Å². The summed E-state index contributed by atoms with van der Waals surface area (Å²) in [7, 11) is 0. The summed E-state index contributed by atoms with van der Waals surface area (Å²) in [6.07, 6.45) is 0. The van der Waals surface area contributed by atoms with Gasteiger partial charge in [-0.15, -0.1) is 0 Å². The molecule has 0 aliphatic carbocycles. The second-order valence-electron chi connectivity index (χ2n) is 14.0. The molecule has 3 aromatic heterocycles. The number of hydrogen-bond acceptors (Lipinski definition) is 4. The Hall–Kier alpha value is -7.63. The Morgan fingerprint density at radius 3 is 1.54 bits per heavy atom. The van der Waals surface area contributed by atoms with Crippen molar-refractivity contribution in [2.24, 2.45) is 0 Å². The summed E-state index contributed by atoms with van der Waals surface area (Å²) in [5, 5.41) is 4.34. The molecular formula is C51H32N4O. The number of para-hydroxylation sites is 3. The molecule has 0 aliphatic rings. The minimum absolute atomic E-state index is 0.576. The number of hydrogen-bond donors (Lipinski definition) is 0. The van der Waals surface area contributed by atoms with Crippen molar-refractivity contribution < 1.29 is 4.42 Å². The van der Waals surface area contributed by atoms with Gasteiger partial charge in [-0.05, 0) is 58.7 Å². The summed E-state index contributed by atoms with van der Waals surface area (Å²) in [6, 6.07) is 67.3. The maximum absolute atomic E-state index is 7.03. The van der Waals surface area contributed by atoms with Gasteiger partial charge in [0.15, 0.2) is 23.1 Å². The van der Waals surface area contributed by atoms with Crippen LogP contribution in [0.1, 0.15) is 0 Å². The van der Waals surface area contributed by atoms with Crippen LogP contribution in [0.25, 0.3) is 106 Å². The van der Waals surface area contributed by atoms with Gasteiger partial charge in [0.2, 0.25) is 0 Å². The lowest BCUT2D eigenvalue weighted by molar-refractivity contribution is 0.666. The quantitative estimate of drug-likeness (QED) is 0.172. The van der Waals surface area contributed by atoms with E-state index in [0.717, 1.165) is 77.6 Å². The smallest absolute Gasteiger partial charge is 0.164 e. The second kappa shape index (κ2) is 13.0. The van der Waals surface area contributed by atoms with Gasteiger partial charge in [0.05, 0.1) is 16.7 Å². The Kier molecular flexibility index (Phi) is 7.42. The first-order valence-corrected chi connectivity index (χ1v) is 18.8. The van der Waals surface area contributed by atoms with Crippen LogP contribution in [0, 0.1) is 0 Å². The van der Waals surface area contributed by atoms with Crippen LogP contribution >= 0.6 is 0 Å². The normalized spacial score (nSPS) is 11.6. The molecule has 8 aromatic carbocycles. The molecule has 3 heterocycles. The molecule has 0 saturated carbocycles. The van der Waals surface area contributed by atoms with Crippen molar-refractivity contribution >= 4 is 43.7 Å². The highest BCUT2D eigenvalue weighted by atomic mass is 16.3. The molecule has 0 spiro atoms. The molecule has 56 heavy (non-hydrogen) atoms. The van der Waals surface area contributed by atoms with Crippen molar-refractivity contribution in [1.29, 1.82) is 0 Å². The minimum atomic E-state index is 0.576. The second-order valence-corrected chi connectivity index (χ2v) is 14.0. The van der Waals surface area contributed by atoms with E-state index in [0.29, 0.717) is 17.5 Å². The highest BCUT2D eigenvalue weighted by Gasteiger charge is 2.23. The maximum Gasteiger partial charge on any atom is 0.164 e. The summed E-state index contributed by atoms with van der Waals surface area (Å²) in [5.41, 5.74) is 11.8. The zero-order valence-corrected chi connectivity index (χ0v) is 30.2. The molecule has 0 amide bonds. The van der Waals surface area contributed by atoms with Gasteiger partial charge in [-0.3, -0.25) is 0 Å². The minimum Gasteiger partial charge on any atom is -0.454 e. The van der Waals surface area contributed by atoms with E-state index in [2.05, 4.69) is 156 Å². The van der Waals surface area contributed by atoms with Crippen molar-refractivity contribution in [2.75, 3.05) is 0 Å². The fraction of sp³-hybridized carbons (Fsp3) is 0. The summed E-state index contributed by atoms with van der Waals surface area (Å²) in [6.45, 7) is 0. The van der Waals surface area contributed by atoms with E-state index in [1.165, 1.54) is 10.8 Å². The first-order valence-electron chi connectivity index (χ1n) is 18.8. The average Bonchev–Trinajstić information content (AvgIpc) is 3.83. The van der Waals surface area contributed by atoms with Crippen molar-refractivity contribution in [3.8, 4) is 62.1 Å². The molecule has 0 bridgehead atoms. The van der Waals surface area contributed by atoms with E-state index >= 15 is 0 Å². The third-order valence-electron chi connectivity index (χ3n) is 10.6. The van der Waals surface area contributed by atoms with Gasteiger partial charge < -0.3 is 8.98 Å². The largest absolute Gasteiger partial charge is 0.454 e. The van der Waals surface area contributed by atoms with Gasteiger partial charge in [-0.1, -0.05) is 158 Å². The van der Waals surface area contributed by atoms with Gasteiger partial charge >= 0.3 is 0 Å². The molecule has 0 atom stereocenters. The maximum atomic E-state index is 7.03. The van der Waals surface area contributed by atoms with Crippen molar-refractivity contribution in [3.63, 3.8) is 0 Å². The van der Waals surface area contributed by atoms with Crippen LogP contribution in [0.15, 0.2) is 199 Å². The lowest BCUT2D eigenvalue weighted by Crippen LogP contribution is -2.01. The lowest BCUT2D eigenvalue weighted by Gasteiger charge is -2.12. The molecule has 5 heteroatoms. The van der Waals surface area contributed by atoms with Crippen LogP contribution < -0.4 is 0 Å². The molecule has 0 N–H and O–H groups in total. The van der Waals surface area contributed by atoms with Gasteiger partial charge in [0.1, 0.15) is 5.58 Å². The zero-order valence-electron chi connectivity index (χ0n) is 30.2. The third kappa shape index (κ3) is 5.29. The van der Waals surface area contributed by atoms with Crippen molar-refractivity contribution in [3.05, 3.63) is 194 Å². The van der Waals surface area contributed by atoms with Crippen LogP contribution in [-0.2, 0) is 0 Å². The molecule has 0 radical (unpaired) electrons. The van der Waals surface area contributed by atoms with Gasteiger partial charge in [0.25, 0.3) is 0 Å². The molecule has 0 saturated heterocycles. The van der Waals surface area contributed by atoms with Crippen LogP contribution in [0.4, 0.5) is 0 Å². The Balaban J connectivity index is 1.20. The predicted molar refractivity (Wildman–Crippen MR) is 229 cm³/mol. The fourth-order valence-electron chi connectivity index (χ4n) is 8.05. The van der Waals surface area contributed by atoms with E-state index in [4.69, 9.17) is 19.4 Å². The van der Waals surface area contributed by atoms with Gasteiger partial charge in [-0.25, -0.2) is 15.0 Å². The lowest BCUT2D eigenvalue weighted by atomic mass is 9.98. The van der Waals surface area contributed by atoms with Crippen LogP contribution in [0.2, 0.25) is 0 Å². The van der Waals surface area contributed by atoms with Crippen molar-refractivity contribution in [1.82, 2.24) is 19.5 Å². The van der Waals surface area contributed by atoms with Gasteiger partial charge in [0, 0.05) is 38.2 Å². The first-order chi connectivity index (χ1) is 27.8. The summed E-state index contributed by atoms with van der Waals surface area (Å²) in [5.74, 6) is 1.78. The first kappa shape index (κ1) is 31.9.